The molecular formula is C39H43Cl2N3O7. The number of aromatic amines is 1. The zero-order chi connectivity index (χ0) is 35.0. The molecular weight excluding hydrogens is 693 g/mol. The number of carbonyl (C=O) groups is 2. The van der Waals surface area contributed by atoms with E-state index in [4.69, 9.17) is 42.1 Å². The first-order chi connectivity index (χ1) is 24.3. The number of hydrogen-bond donors (Lipinski definition) is 1. The van der Waals surface area contributed by atoms with E-state index in [-0.39, 0.29) is 24.0 Å². The number of H-pyrrole nitrogens is 1. The summed E-state index contributed by atoms with van der Waals surface area (Å²) in [5.41, 5.74) is 3.61. The van der Waals surface area contributed by atoms with E-state index >= 15 is 0 Å². The molecule has 270 valence electrons. The lowest BCUT2D eigenvalue weighted by atomic mass is 9.86. The summed E-state index contributed by atoms with van der Waals surface area (Å²) in [7, 11) is 3.11. The summed E-state index contributed by atoms with van der Waals surface area (Å²) >= 11 is 13.0. The van der Waals surface area contributed by atoms with Crippen LogP contribution in [0.1, 0.15) is 57.6 Å². The number of hydrogen-bond acceptors (Lipinski definition) is 9. The second kappa shape index (κ2) is 17.8. The van der Waals surface area contributed by atoms with Gasteiger partial charge in [-0.3, -0.25) is 4.90 Å². The lowest BCUT2D eigenvalue weighted by Crippen LogP contribution is -2.52. The molecule has 0 radical (unpaired) electrons. The summed E-state index contributed by atoms with van der Waals surface area (Å²) in [5.74, 6) is 0.756. The fourth-order valence-electron chi connectivity index (χ4n) is 6.75. The van der Waals surface area contributed by atoms with Crippen LogP contribution in [0.25, 0.3) is 0 Å². The highest BCUT2D eigenvalue weighted by Crippen LogP contribution is 2.35. The number of pyridine rings is 1. The lowest BCUT2D eigenvalue weighted by molar-refractivity contribution is -0.377. The van der Waals surface area contributed by atoms with Gasteiger partial charge in [0.1, 0.15) is 28.3 Å². The van der Waals surface area contributed by atoms with E-state index in [1.807, 2.05) is 48.5 Å². The van der Waals surface area contributed by atoms with Crippen LogP contribution in [0.4, 0.5) is 0 Å². The van der Waals surface area contributed by atoms with Gasteiger partial charge in [-0.15, -0.1) is 0 Å². The van der Waals surface area contributed by atoms with Crippen LogP contribution in [0.5, 0.6) is 11.5 Å². The van der Waals surface area contributed by atoms with Crippen molar-refractivity contribution in [1.82, 2.24) is 10.2 Å². The highest BCUT2D eigenvalue weighted by atomic mass is 35.5. The molecule has 3 aromatic carbocycles. The van der Waals surface area contributed by atoms with Crippen LogP contribution in [0, 0.1) is 5.92 Å². The quantitative estimate of drug-likeness (QED) is 0.148. The van der Waals surface area contributed by atoms with E-state index in [2.05, 4.69) is 15.2 Å². The SMILES string of the molecule is COc1ccc([C@H](Cc2c(Cl)c[nH+]cc2Cl)OC(=O)c2ccc(CCNC(C(=O)O[C@H]3CN4CCC3CC4)c3ccccc3)cc2)cc1OC.[OH-]. The van der Waals surface area contributed by atoms with Gasteiger partial charge in [0.15, 0.2) is 23.9 Å². The molecule has 51 heavy (non-hydrogen) atoms. The van der Waals surface area contributed by atoms with E-state index in [1.54, 1.807) is 50.9 Å². The number of benzene rings is 3. The predicted octanol–water partition coefficient (Wildman–Crippen LogP) is 6.30. The molecule has 3 N–H and O–H groups in total. The Balaban J connectivity index is 0.00000504. The van der Waals surface area contributed by atoms with Gasteiger partial charge in [-0.25, -0.2) is 14.6 Å². The van der Waals surface area contributed by atoms with Crippen LogP contribution in [0.2, 0.25) is 10.0 Å². The number of nitrogens with one attached hydrogen (secondary N) is 2. The second-order valence-corrected chi connectivity index (χ2v) is 13.5. The maximum atomic E-state index is 13.5. The molecule has 3 atom stereocenters. The first-order valence-corrected chi connectivity index (χ1v) is 17.7. The molecule has 3 saturated heterocycles. The summed E-state index contributed by atoms with van der Waals surface area (Å²) in [6.07, 6.45) is 5.52. The zero-order valence-corrected chi connectivity index (χ0v) is 30.2. The van der Waals surface area contributed by atoms with Gasteiger partial charge in [0, 0.05) is 25.1 Å². The van der Waals surface area contributed by atoms with Crippen molar-refractivity contribution in [3.8, 4) is 11.5 Å². The maximum absolute atomic E-state index is 13.5. The molecule has 4 aromatic rings. The Bertz CT molecular complexity index is 1750. The van der Waals surface area contributed by atoms with Crippen molar-refractivity contribution in [3.05, 3.63) is 123 Å². The van der Waals surface area contributed by atoms with Crippen molar-refractivity contribution >= 4 is 35.1 Å². The Morgan fingerprint density at radius 3 is 2.22 bits per heavy atom. The largest absolute Gasteiger partial charge is 0.870 e. The summed E-state index contributed by atoms with van der Waals surface area (Å²) in [5, 5.41) is 4.29. The van der Waals surface area contributed by atoms with E-state index in [0.717, 1.165) is 43.6 Å². The Hall–Kier alpha value is -4.19. The van der Waals surface area contributed by atoms with Gasteiger partial charge in [-0.1, -0.05) is 71.7 Å². The smallest absolute Gasteiger partial charge is 0.338 e. The molecule has 3 fully saturated rings. The van der Waals surface area contributed by atoms with Gasteiger partial charge >= 0.3 is 11.9 Å². The molecule has 12 heteroatoms. The minimum atomic E-state index is -0.723. The number of piperidine rings is 3. The van der Waals surface area contributed by atoms with Crippen LogP contribution >= 0.6 is 23.2 Å². The predicted molar refractivity (Wildman–Crippen MR) is 193 cm³/mol. The number of ether oxygens (including phenoxy) is 4. The third-order valence-corrected chi connectivity index (χ3v) is 10.3. The molecule has 3 aliphatic rings. The van der Waals surface area contributed by atoms with Crippen LogP contribution in [0.3, 0.4) is 0 Å². The molecule has 0 aliphatic carbocycles. The summed E-state index contributed by atoms with van der Waals surface area (Å²) in [6.45, 7) is 3.53. The van der Waals surface area contributed by atoms with Gasteiger partial charge in [-0.05, 0) is 79.2 Å². The van der Waals surface area contributed by atoms with E-state index in [9.17, 15) is 9.59 Å². The van der Waals surface area contributed by atoms with Crippen LogP contribution < -0.4 is 19.8 Å². The lowest BCUT2D eigenvalue weighted by Gasteiger charge is -2.44. The molecule has 2 bridgehead atoms. The standard InChI is InChI=1S/C39H41Cl2N3O6.H2O/c1-47-33-13-12-29(20-35(33)48-2)34(21-30-31(40)22-42-23-32(30)41)49-38(45)28-10-8-25(9-11-28)14-17-43-37(27-6-4-3-5-7-27)39(46)50-36-24-44-18-15-26(36)16-19-44;/h3-13,20,22-23,26,34,36-37,43H,14-19,21,24H2,1-2H3;1H2/t34-,36-,37?;/m0./s1. The summed E-state index contributed by atoms with van der Waals surface area (Å²) in [4.78, 5) is 32.3. The fraction of sp³-hybridized carbons (Fsp3) is 0.359. The van der Waals surface area contributed by atoms with Crippen molar-refractivity contribution in [2.24, 2.45) is 5.92 Å². The average Bonchev–Trinajstić information content (AvgIpc) is 3.15. The number of rotatable bonds is 14. The highest BCUT2D eigenvalue weighted by Gasteiger charge is 2.38. The molecule has 7 rings (SSSR count). The highest BCUT2D eigenvalue weighted by molar-refractivity contribution is 6.35. The number of esters is 2. The molecule has 10 nitrogen and oxygen atoms in total. The van der Waals surface area contributed by atoms with Gasteiger partial charge in [-0.2, -0.15) is 0 Å². The van der Waals surface area contributed by atoms with Crippen LogP contribution in [-0.4, -0.2) is 68.8 Å². The van der Waals surface area contributed by atoms with Gasteiger partial charge in [0.05, 0.1) is 19.8 Å². The van der Waals surface area contributed by atoms with Crippen LogP contribution in [0.15, 0.2) is 85.2 Å². The minimum absolute atomic E-state index is 0. The minimum Gasteiger partial charge on any atom is -0.870 e. The van der Waals surface area contributed by atoms with Gasteiger partial charge < -0.3 is 29.7 Å². The van der Waals surface area contributed by atoms with Crippen molar-refractivity contribution in [1.29, 1.82) is 0 Å². The first kappa shape index (κ1) is 38.1. The zero-order valence-electron chi connectivity index (χ0n) is 28.6. The number of fused-ring (bicyclic) bond motifs is 3. The number of aromatic nitrogens is 1. The molecule has 0 saturated carbocycles. The summed E-state index contributed by atoms with van der Waals surface area (Å²) in [6, 6.07) is 21.8. The van der Waals surface area contributed by atoms with E-state index < -0.39 is 18.1 Å². The third kappa shape index (κ3) is 9.38. The molecule has 0 spiro atoms. The Labute approximate surface area is 308 Å². The van der Waals surface area contributed by atoms with Crippen LogP contribution in [-0.2, 0) is 27.1 Å². The van der Waals surface area contributed by atoms with Gasteiger partial charge in [0.2, 0.25) is 0 Å². The topological polar surface area (TPSA) is 130 Å². The Morgan fingerprint density at radius 1 is 0.902 bits per heavy atom. The molecule has 4 heterocycles. The fourth-order valence-corrected chi connectivity index (χ4v) is 7.28. The molecule has 3 aliphatic heterocycles. The first-order valence-electron chi connectivity index (χ1n) is 16.9. The van der Waals surface area contributed by atoms with Gasteiger partial charge in [0.25, 0.3) is 0 Å². The average molecular weight is 737 g/mol. The molecule has 1 unspecified atom stereocenters. The number of methoxy groups -OCH3 is 2. The molecule has 0 amide bonds. The maximum Gasteiger partial charge on any atom is 0.338 e. The summed E-state index contributed by atoms with van der Waals surface area (Å²) < 4.78 is 23.1. The number of nitrogens with zero attached hydrogens (tertiary/aromatic N) is 1. The third-order valence-electron chi connectivity index (χ3n) is 9.60. The Morgan fingerprint density at radius 2 is 1.59 bits per heavy atom. The van der Waals surface area contributed by atoms with Crippen molar-refractivity contribution in [2.45, 2.75) is 43.9 Å². The number of halogens is 2. The normalized spacial score (nSPS) is 18.9. The molecule has 1 aromatic heterocycles. The van der Waals surface area contributed by atoms with Crippen molar-refractivity contribution in [2.75, 3.05) is 40.4 Å². The second-order valence-electron chi connectivity index (χ2n) is 12.7. The number of carbonyl (C=O) groups excluding carboxylic acids is 2. The van der Waals surface area contributed by atoms with Crippen molar-refractivity contribution < 1.29 is 39.0 Å². The van der Waals surface area contributed by atoms with Crippen molar-refractivity contribution in [3.63, 3.8) is 0 Å². The monoisotopic (exact) mass is 735 g/mol. The van der Waals surface area contributed by atoms with E-state index in [1.165, 1.54) is 0 Å². The Kier molecular flexibility index (Phi) is 13.3. The van der Waals surface area contributed by atoms with E-state index in [0.29, 0.717) is 57.1 Å².